The van der Waals surface area contributed by atoms with Crippen molar-refractivity contribution in [2.75, 3.05) is 32.8 Å². The molecule has 0 aliphatic carbocycles. The second kappa shape index (κ2) is 6.97. The average molecular weight is 240 g/mol. The SMILES string of the molecule is O=C(NCCN1CCCCCC1)[C@@H]1CCCO1. The molecule has 0 aromatic heterocycles. The fourth-order valence-corrected chi connectivity index (χ4v) is 2.60. The normalized spacial score (nSPS) is 26.7. The van der Waals surface area contributed by atoms with Gasteiger partial charge < -0.3 is 15.0 Å². The molecule has 0 aromatic carbocycles. The number of amides is 1. The Balaban J connectivity index is 1.59. The zero-order chi connectivity index (χ0) is 11.9. The second-order valence-corrected chi connectivity index (χ2v) is 5.05. The molecule has 17 heavy (non-hydrogen) atoms. The quantitative estimate of drug-likeness (QED) is 0.801. The van der Waals surface area contributed by atoms with Gasteiger partial charge in [-0.2, -0.15) is 0 Å². The number of ether oxygens (including phenoxy) is 1. The minimum absolute atomic E-state index is 0.0809. The number of nitrogens with one attached hydrogen (secondary N) is 1. The second-order valence-electron chi connectivity index (χ2n) is 5.05. The minimum atomic E-state index is -0.181. The topological polar surface area (TPSA) is 41.6 Å². The van der Waals surface area contributed by atoms with E-state index in [1.165, 1.54) is 38.8 Å². The largest absolute Gasteiger partial charge is 0.368 e. The first-order valence-corrected chi connectivity index (χ1v) is 6.98. The Labute approximate surface area is 104 Å². The number of nitrogens with zero attached hydrogens (tertiary/aromatic N) is 1. The van der Waals surface area contributed by atoms with Crippen LogP contribution in [0.25, 0.3) is 0 Å². The van der Waals surface area contributed by atoms with E-state index in [4.69, 9.17) is 4.74 Å². The highest BCUT2D eigenvalue weighted by molar-refractivity contribution is 5.80. The van der Waals surface area contributed by atoms with Gasteiger partial charge in [0.05, 0.1) is 0 Å². The fourth-order valence-electron chi connectivity index (χ4n) is 2.60. The standard InChI is InChI=1S/C13H24N2O2/c16-13(12-6-5-11-17-12)14-7-10-15-8-3-1-2-4-9-15/h12H,1-11H2,(H,14,16)/t12-/m0/s1. The lowest BCUT2D eigenvalue weighted by atomic mass is 10.2. The number of hydrogen-bond acceptors (Lipinski definition) is 3. The minimum Gasteiger partial charge on any atom is -0.368 e. The molecule has 0 aromatic rings. The van der Waals surface area contributed by atoms with Crippen molar-refractivity contribution in [1.29, 1.82) is 0 Å². The first-order chi connectivity index (χ1) is 8.36. The van der Waals surface area contributed by atoms with E-state index in [0.29, 0.717) is 0 Å². The van der Waals surface area contributed by atoms with Gasteiger partial charge in [0.2, 0.25) is 5.91 Å². The van der Waals surface area contributed by atoms with Gasteiger partial charge >= 0.3 is 0 Å². The highest BCUT2D eigenvalue weighted by Gasteiger charge is 2.23. The molecule has 1 amide bonds. The Morgan fingerprint density at radius 3 is 2.59 bits per heavy atom. The maximum absolute atomic E-state index is 11.7. The van der Waals surface area contributed by atoms with Crippen LogP contribution in [0.3, 0.4) is 0 Å². The van der Waals surface area contributed by atoms with Crippen LogP contribution < -0.4 is 5.32 Å². The number of carbonyl (C=O) groups excluding carboxylic acids is 1. The number of likely N-dealkylation sites (tertiary alicyclic amines) is 1. The highest BCUT2D eigenvalue weighted by atomic mass is 16.5. The van der Waals surface area contributed by atoms with E-state index >= 15 is 0 Å². The Morgan fingerprint density at radius 2 is 1.94 bits per heavy atom. The van der Waals surface area contributed by atoms with Gasteiger partial charge in [0.1, 0.15) is 6.10 Å². The Kier molecular flexibility index (Phi) is 5.26. The lowest BCUT2D eigenvalue weighted by Crippen LogP contribution is -2.39. The van der Waals surface area contributed by atoms with Gasteiger partial charge in [0.15, 0.2) is 0 Å². The van der Waals surface area contributed by atoms with Crippen LogP contribution in [-0.4, -0.2) is 49.7 Å². The summed E-state index contributed by atoms with van der Waals surface area (Å²) in [5, 5.41) is 2.99. The van der Waals surface area contributed by atoms with Crippen molar-refractivity contribution in [3.8, 4) is 0 Å². The Morgan fingerprint density at radius 1 is 1.18 bits per heavy atom. The predicted molar refractivity (Wildman–Crippen MR) is 66.9 cm³/mol. The summed E-state index contributed by atoms with van der Waals surface area (Å²) in [5.41, 5.74) is 0. The monoisotopic (exact) mass is 240 g/mol. The molecule has 4 heteroatoms. The fraction of sp³-hybridized carbons (Fsp3) is 0.923. The summed E-state index contributed by atoms with van der Waals surface area (Å²) < 4.78 is 5.35. The molecule has 0 radical (unpaired) electrons. The molecular formula is C13H24N2O2. The summed E-state index contributed by atoms with van der Waals surface area (Å²) in [4.78, 5) is 14.2. The maximum Gasteiger partial charge on any atom is 0.249 e. The van der Waals surface area contributed by atoms with Crippen molar-refractivity contribution in [2.24, 2.45) is 0 Å². The molecule has 2 rings (SSSR count). The number of rotatable bonds is 4. The molecule has 98 valence electrons. The smallest absolute Gasteiger partial charge is 0.249 e. The van der Waals surface area contributed by atoms with E-state index in [0.717, 1.165) is 32.5 Å². The van der Waals surface area contributed by atoms with Gasteiger partial charge in [-0.3, -0.25) is 4.79 Å². The molecule has 0 unspecified atom stereocenters. The first-order valence-electron chi connectivity index (χ1n) is 6.98. The van der Waals surface area contributed by atoms with Gasteiger partial charge in [-0.05, 0) is 38.8 Å². The van der Waals surface area contributed by atoms with Gasteiger partial charge in [-0.1, -0.05) is 12.8 Å². The van der Waals surface area contributed by atoms with Crippen molar-refractivity contribution in [3.05, 3.63) is 0 Å². The van der Waals surface area contributed by atoms with Crippen molar-refractivity contribution >= 4 is 5.91 Å². The van der Waals surface area contributed by atoms with Gasteiger partial charge in [-0.25, -0.2) is 0 Å². The van der Waals surface area contributed by atoms with Crippen LogP contribution in [0.1, 0.15) is 38.5 Å². The van der Waals surface area contributed by atoms with Gasteiger partial charge in [0, 0.05) is 19.7 Å². The summed E-state index contributed by atoms with van der Waals surface area (Å²) in [6.07, 6.45) is 7.05. The van der Waals surface area contributed by atoms with E-state index in [9.17, 15) is 4.79 Å². The Hall–Kier alpha value is -0.610. The molecule has 1 N–H and O–H groups in total. The predicted octanol–water partition coefficient (Wildman–Crippen LogP) is 1.16. The summed E-state index contributed by atoms with van der Waals surface area (Å²) in [6.45, 7) is 4.87. The average Bonchev–Trinajstić information content (AvgIpc) is 2.75. The summed E-state index contributed by atoms with van der Waals surface area (Å²) in [5.74, 6) is 0.0809. The van der Waals surface area contributed by atoms with Crippen LogP contribution in [0.4, 0.5) is 0 Å². The van der Waals surface area contributed by atoms with E-state index in [1.807, 2.05) is 0 Å². The molecule has 2 fully saturated rings. The van der Waals surface area contributed by atoms with Gasteiger partial charge in [0.25, 0.3) is 0 Å². The molecule has 0 bridgehead atoms. The van der Waals surface area contributed by atoms with Crippen molar-refractivity contribution in [2.45, 2.75) is 44.6 Å². The molecule has 2 aliphatic heterocycles. The first kappa shape index (κ1) is 12.8. The zero-order valence-corrected chi connectivity index (χ0v) is 10.6. The molecule has 2 heterocycles. The van der Waals surface area contributed by atoms with E-state index < -0.39 is 0 Å². The third-order valence-corrected chi connectivity index (χ3v) is 3.65. The third-order valence-electron chi connectivity index (χ3n) is 3.65. The van der Waals surface area contributed by atoms with Crippen LogP contribution >= 0.6 is 0 Å². The Bertz CT molecular complexity index is 232. The van der Waals surface area contributed by atoms with Crippen LogP contribution in [0.5, 0.6) is 0 Å². The lowest BCUT2D eigenvalue weighted by Gasteiger charge is -2.20. The summed E-state index contributed by atoms with van der Waals surface area (Å²) >= 11 is 0. The van der Waals surface area contributed by atoms with Crippen molar-refractivity contribution in [1.82, 2.24) is 10.2 Å². The number of carbonyl (C=O) groups is 1. The third kappa shape index (κ3) is 4.28. The molecule has 4 nitrogen and oxygen atoms in total. The molecule has 0 spiro atoms. The van der Waals surface area contributed by atoms with E-state index in [2.05, 4.69) is 10.2 Å². The van der Waals surface area contributed by atoms with E-state index in [1.54, 1.807) is 0 Å². The van der Waals surface area contributed by atoms with E-state index in [-0.39, 0.29) is 12.0 Å². The maximum atomic E-state index is 11.7. The van der Waals surface area contributed by atoms with Crippen LogP contribution in [-0.2, 0) is 9.53 Å². The molecule has 0 saturated carbocycles. The molecular weight excluding hydrogens is 216 g/mol. The van der Waals surface area contributed by atoms with Crippen LogP contribution in [0, 0.1) is 0 Å². The van der Waals surface area contributed by atoms with Crippen LogP contribution in [0.15, 0.2) is 0 Å². The molecule has 1 atom stereocenters. The highest BCUT2D eigenvalue weighted by Crippen LogP contribution is 2.12. The lowest BCUT2D eigenvalue weighted by molar-refractivity contribution is -0.130. The van der Waals surface area contributed by atoms with Crippen molar-refractivity contribution in [3.63, 3.8) is 0 Å². The van der Waals surface area contributed by atoms with Gasteiger partial charge in [-0.15, -0.1) is 0 Å². The number of hydrogen-bond donors (Lipinski definition) is 1. The zero-order valence-electron chi connectivity index (χ0n) is 10.6. The van der Waals surface area contributed by atoms with Crippen LogP contribution in [0.2, 0.25) is 0 Å². The van der Waals surface area contributed by atoms with Crippen molar-refractivity contribution < 1.29 is 9.53 Å². The molecule has 2 saturated heterocycles. The summed E-state index contributed by atoms with van der Waals surface area (Å²) in [7, 11) is 0. The molecule has 2 aliphatic rings. The summed E-state index contributed by atoms with van der Waals surface area (Å²) in [6, 6.07) is 0.